The first-order valence-electron chi connectivity index (χ1n) is 13.7. The van der Waals surface area contributed by atoms with Crippen LogP contribution in [0, 0.1) is 5.41 Å². The van der Waals surface area contributed by atoms with Gasteiger partial charge in [-0.15, -0.1) is 0 Å². The highest BCUT2D eigenvalue weighted by atomic mass is 35.5. The largest absolute Gasteiger partial charge is 0.481 e. The molecule has 5 rings (SSSR count). The molecule has 0 amide bonds. The number of hydrogen-bond acceptors (Lipinski definition) is 4. The Morgan fingerprint density at radius 3 is 2.62 bits per heavy atom. The van der Waals surface area contributed by atoms with Crippen LogP contribution in [0.4, 0.5) is 0 Å². The van der Waals surface area contributed by atoms with Gasteiger partial charge in [-0.2, -0.15) is 11.8 Å². The standard InChI is InChI=1S/C34H34ClNO3S/c1-23(37)30-8-3-2-6-25(30)12-16-32(40-22-34(17-18-34)21-33(38)39)27-7-4-5-24(19-27)9-14-29-15-11-26-10-13-28(35)20-31(26)36-29/h2-11,13-15,19-20,23,32,37H,12,16-18,21-22H2,1H3,(H,38,39). The van der Waals surface area contributed by atoms with E-state index in [1.807, 2.05) is 67.2 Å². The number of fused-ring (bicyclic) bond motifs is 1. The minimum absolute atomic E-state index is 0.0750. The van der Waals surface area contributed by atoms with Crippen LogP contribution in [-0.2, 0) is 11.2 Å². The van der Waals surface area contributed by atoms with Gasteiger partial charge in [0.1, 0.15) is 0 Å². The summed E-state index contributed by atoms with van der Waals surface area (Å²) in [6, 6.07) is 26.4. The van der Waals surface area contributed by atoms with Crippen molar-refractivity contribution in [3.63, 3.8) is 0 Å². The zero-order chi connectivity index (χ0) is 28.1. The van der Waals surface area contributed by atoms with Gasteiger partial charge in [0.25, 0.3) is 0 Å². The first kappa shape index (κ1) is 28.4. The van der Waals surface area contributed by atoms with Gasteiger partial charge in [0.15, 0.2) is 0 Å². The number of aliphatic hydroxyl groups is 1. The average molecular weight is 572 g/mol. The Hall–Kier alpha value is -3.12. The van der Waals surface area contributed by atoms with E-state index in [1.54, 1.807) is 0 Å². The third kappa shape index (κ3) is 7.34. The number of aromatic nitrogens is 1. The van der Waals surface area contributed by atoms with Crippen molar-refractivity contribution in [2.45, 2.75) is 50.4 Å². The molecule has 1 heterocycles. The average Bonchev–Trinajstić information content (AvgIpc) is 3.70. The highest BCUT2D eigenvalue weighted by Crippen LogP contribution is 2.53. The summed E-state index contributed by atoms with van der Waals surface area (Å²) >= 11 is 8.03. The van der Waals surface area contributed by atoms with Crippen molar-refractivity contribution in [2.75, 3.05) is 5.75 Å². The predicted molar refractivity (Wildman–Crippen MR) is 167 cm³/mol. The SMILES string of the molecule is CC(O)c1ccccc1CCC(SCC1(CC(=O)O)CC1)c1cccc(C=Cc2ccc3ccc(Cl)cc3n2)c1. The van der Waals surface area contributed by atoms with E-state index in [4.69, 9.17) is 16.6 Å². The molecular weight excluding hydrogens is 538 g/mol. The molecule has 3 aromatic carbocycles. The number of thioether (sulfide) groups is 1. The third-order valence-corrected chi connectivity index (χ3v) is 9.58. The summed E-state index contributed by atoms with van der Waals surface area (Å²) in [6.07, 6.45) is 7.54. The quantitative estimate of drug-likeness (QED) is 0.178. The molecule has 0 aliphatic heterocycles. The number of hydrogen-bond donors (Lipinski definition) is 2. The van der Waals surface area contributed by atoms with Gasteiger partial charge in [0.2, 0.25) is 0 Å². The molecule has 0 radical (unpaired) electrons. The van der Waals surface area contributed by atoms with Gasteiger partial charge < -0.3 is 10.2 Å². The number of aryl methyl sites for hydroxylation is 1. The smallest absolute Gasteiger partial charge is 0.303 e. The normalized spacial score (nSPS) is 15.8. The fourth-order valence-corrected chi connectivity index (χ4v) is 6.93. The summed E-state index contributed by atoms with van der Waals surface area (Å²) in [5, 5.41) is 21.6. The molecule has 0 spiro atoms. The first-order valence-corrected chi connectivity index (χ1v) is 15.2. The van der Waals surface area contributed by atoms with Crippen LogP contribution in [0.15, 0.2) is 78.9 Å². The number of carboxylic acid groups (broad SMARTS) is 1. The van der Waals surface area contributed by atoms with Gasteiger partial charge in [-0.1, -0.05) is 78.3 Å². The fraction of sp³-hybridized carbons (Fsp3) is 0.294. The number of rotatable bonds is 12. The van der Waals surface area contributed by atoms with Gasteiger partial charge in [-0.25, -0.2) is 4.98 Å². The van der Waals surface area contributed by atoms with Crippen molar-refractivity contribution in [3.05, 3.63) is 112 Å². The molecule has 0 bridgehead atoms. The van der Waals surface area contributed by atoms with Crippen LogP contribution in [0.25, 0.3) is 23.1 Å². The summed E-state index contributed by atoms with van der Waals surface area (Å²) in [7, 11) is 0. The number of pyridine rings is 1. The second-order valence-electron chi connectivity index (χ2n) is 10.9. The summed E-state index contributed by atoms with van der Waals surface area (Å²) in [5.74, 6) is 0.128. The number of carboxylic acids is 1. The van der Waals surface area contributed by atoms with E-state index in [0.29, 0.717) is 5.02 Å². The molecule has 40 heavy (non-hydrogen) atoms. The maximum absolute atomic E-state index is 11.5. The lowest BCUT2D eigenvalue weighted by Gasteiger charge is -2.22. The summed E-state index contributed by atoms with van der Waals surface area (Å²) in [6.45, 7) is 1.81. The van der Waals surface area contributed by atoms with Crippen LogP contribution in [0.2, 0.25) is 5.02 Å². The van der Waals surface area contributed by atoms with Gasteiger partial charge in [0, 0.05) is 21.4 Å². The molecule has 2 unspecified atom stereocenters. The second-order valence-corrected chi connectivity index (χ2v) is 12.5. The minimum Gasteiger partial charge on any atom is -0.481 e. The van der Waals surface area contributed by atoms with Crippen LogP contribution < -0.4 is 0 Å². The Bertz CT molecular complexity index is 1530. The number of carbonyl (C=O) groups is 1. The van der Waals surface area contributed by atoms with Crippen LogP contribution in [0.1, 0.15) is 71.9 Å². The summed E-state index contributed by atoms with van der Waals surface area (Å²) < 4.78 is 0. The number of aliphatic carboxylic acids is 1. The fourth-order valence-electron chi connectivity index (χ4n) is 5.19. The number of aliphatic hydroxyl groups excluding tert-OH is 1. The van der Waals surface area contributed by atoms with Gasteiger partial charge in [0.05, 0.1) is 23.7 Å². The van der Waals surface area contributed by atoms with Crippen molar-refractivity contribution in [1.82, 2.24) is 4.98 Å². The Labute approximate surface area is 245 Å². The minimum atomic E-state index is -0.711. The van der Waals surface area contributed by atoms with E-state index in [0.717, 1.165) is 64.7 Å². The Kier molecular flexibility index (Phi) is 8.94. The van der Waals surface area contributed by atoms with E-state index >= 15 is 0 Å². The molecule has 1 saturated carbocycles. The molecule has 206 valence electrons. The summed E-state index contributed by atoms with van der Waals surface area (Å²) in [5.41, 5.74) is 6.11. The highest BCUT2D eigenvalue weighted by Gasteiger charge is 2.44. The maximum Gasteiger partial charge on any atom is 0.303 e. The molecule has 4 aromatic rings. The lowest BCUT2D eigenvalue weighted by molar-refractivity contribution is -0.138. The van der Waals surface area contributed by atoms with Crippen molar-refractivity contribution >= 4 is 52.4 Å². The van der Waals surface area contributed by atoms with Gasteiger partial charge >= 0.3 is 5.97 Å². The first-order chi connectivity index (χ1) is 19.3. The topological polar surface area (TPSA) is 70.4 Å². The van der Waals surface area contributed by atoms with E-state index < -0.39 is 12.1 Å². The van der Waals surface area contributed by atoms with Crippen LogP contribution in [0.3, 0.4) is 0 Å². The molecule has 1 aliphatic rings. The molecule has 6 heteroatoms. The van der Waals surface area contributed by atoms with Crippen LogP contribution in [0.5, 0.6) is 0 Å². The molecule has 4 nitrogen and oxygen atoms in total. The highest BCUT2D eigenvalue weighted by molar-refractivity contribution is 7.99. The lowest BCUT2D eigenvalue weighted by Crippen LogP contribution is -2.12. The molecular formula is C34H34ClNO3S. The summed E-state index contributed by atoms with van der Waals surface area (Å²) in [4.78, 5) is 16.2. The molecule has 0 saturated heterocycles. The van der Waals surface area contributed by atoms with E-state index in [1.165, 1.54) is 5.56 Å². The van der Waals surface area contributed by atoms with Crippen molar-refractivity contribution < 1.29 is 15.0 Å². The third-order valence-electron chi connectivity index (χ3n) is 7.66. The van der Waals surface area contributed by atoms with Crippen molar-refractivity contribution in [1.29, 1.82) is 0 Å². The predicted octanol–water partition coefficient (Wildman–Crippen LogP) is 8.77. The maximum atomic E-state index is 11.5. The van der Waals surface area contributed by atoms with Crippen LogP contribution in [-0.4, -0.2) is 26.9 Å². The molecule has 1 fully saturated rings. The van der Waals surface area contributed by atoms with Crippen molar-refractivity contribution in [3.8, 4) is 0 Å². The van der Waals surface area contributed by atoms with Crippen LogP contribution >= 0.6 is 23.4 Å². The van der Waals surface area contributed by atoms with E-state index in [-0.39, 0.29) is 17.1 Å². The Balaban J connectivity index is 1.36. The second kappa shape index (κ2) is 12.6. The Morgan fingerprint density at radius 2 is 1.85 bits per heavy atom. The lowest BCUT2D eigenvalue weighted by atomic mass is 9.96. The van der Waals surface area contributed by atoms with Gasteiger partial charge in [-0.05, 0) is 84.6 Å². The Morgan fingerprint density at radius 1 is 1.05 bits per heavy atom. The molecule has 1 aliphatic carbocycles. The number of benzene rings is 3. The molecule has 2 N–H and O–H groups in total. The van der Waals surface area contributed by atoms with Gasteiger partial charge in [-0.3, -0.25) is 4.79 Å². The van der Waals surface area contributed by atoms with E-state index in [2.05, 4.69) is 42.5 Å². The zero-order valence-corrected chi connectivity index (χ0v) is 24.2. The molecule has 2 atom stereocenters. The molecule has 1 aromatic heterocycles. The monoisotopic (exact) mass is 571 g/mol. The number of nitrogens with zero attached hydrogens (tertiary/aromatic N) is 1. The van der Waals surface area contributed by atoms with Crippen molar-refractivity contribution in [2.24, 2.45) is 5.41 Å². The zero-order valence-electron chi connectivity index (χ0n) is 22.6. The number of halogens is 1. The van der Waals surface area contributed by atoms with E-state index in [9.17, 15) is 15.0 Å².